The summed E-state index contributed by atoms with van der Waals surface area (Å²) in [5, 5.41) is 9.16. The van der Waals surface area contributed by atoms with Gasteiger partial charge in [-0.3, -0.25) is 4.90 Å². The number of rotatable bonds is 5. The van der Waals surface area contributed by atoms with Crippen LogP contribution in [0.25, 0.3) is 0 Å². The predicted octanol–water partition coefficient (Wildman–Crippen LogP) is 3.50. The lowest BCUT2D eigenvalue weighted by molar-refractivity contribution is -0.149. The lowest BCUT2D eigenvalue weighted by Gasteiger charge is -2.28. The molecule has 0 bridgehead atoms. The van der Waals surface area contributed by atoms with E-state index in [0.717, 1.165) is 12.0 Å². The maximum Gasteiger partial charge on any atom is 0.410 e. The van der Waals surface area contributed by atoms with E-state index in [0.29, 0.717) is 13.0 Å². The molecule has 27 heavy (non-hydrogen) atoms. The van der Waals surface area contributed by atoms with E-state index in [1.807, 2.05) is 30.3 Å². The highest BCUT2D eigenvalue weighted by atomic mass is 79.9. The number of carbonyl (C=O) groups excluding carboxylic acids is 2. The molecule has 0 aromatic heterocycles. The van der Waals surface area contributed by atoms with Crippen molar-refractivity contribution < 1.29 is 19.1 Å². The first-order valence-corrected chi connectivity index (χ1v) is 10.1. The predicted molar refractivity (Wildman–Crippen MR) is 102 cm³/mol. The maximum atomic E-state index is 12.8. The Bertz CT molecular complexity index is 720. The molecule has 1 aliphatic heterocycles. The fourth-order valence-electron chi connectivity index (χ4n) is 4.33. The highest BCUT2D eigenvalue weighted by Crippen LogP contribution is 2.50. The summed E-state index contributed by atoms with van der Waals surface area (Å²) >= 11 is 3.68. The molecule has 1 heterocycles. The molecule has 1 aromatic carbocycles. The van der Waals surface area contributed by atoms with Crippen LogP contribution in [0.1, 0.15) is 25.3 Å². The summed E-state index contributed by atoms with van der Waals surface area (Å²) in [6.45, 7) is 2.58. The molecular formula is C20H23BrN2O4. The largest absolute Gasteiger partial charge is 0.464 e. The van der Waals surface area contributed by atoms with Gasteiger partial charge in [-0.05, 0) is 36.7 Å². The van der Waals surface area contributed by atoms with Gasteiger partial charge in [0.25, 0.3) is 0 Å². The van der Waals surface area contributed by atoms with Gasteiger partial charge in [-0.2, -0.15) is 5.26 Å². The maximum absolute atomic E-state index is 12.8. The normalized spacial score (nSPS) is 29.1. The molecular weight excluding hydrogens is 412 g/mol. The molecule has 144 valence electrons. The average molecular weight is 435 g/mol. The molecule has 6 nitrogen and oxygen atoms in total. The molecule has 1 aliphatic carbocycles. The second-order valence-corrected chi connectivity index (χ2v) is 8.18. The topological polar surface area (TPSA) is 79.6 Å². The van der Waals surface area contributed by atoms with Crippen LogP contribution in [0.4, 0.5) is 4.79 Å². The summed E-state index contributed by atoms with van der Waals surface area (Å²) in [4.78, 5) is 27.1. The molecule has 1 aromatic rings. The Morgan fingerprint density at radius 2 is 2.04 bits per heavy atom. The number of ether oxygens (including phenoxy) is 2. The SMILES string of the molecule is CCOC(=O)C1C2C(CC#N)CC(Br)C2CN1C(=O)OCc1ccccc1. The van der Waals surface area contributed by atoms with Crippen LogP contribution < -0.4 is 0 Å². The van der Waals surface area contributed by atoms with Crippen molar-refractivity contribution in [3.63, 3.8) is 0 Å². The Labute approximate surface area is 167 Å². The molecule has 0 radical (unpaired) electrons. The third-order valence-corrected chi connectivity index (χ3v) is 6.51. The molecule has 1 saturated carbocycles. The third-order valence-electron chi connectivity index (χ3n) is 5.46. The van der Waals surface area contributed by atoms with Gasteiger partial charge in [0, 0.05) is 17.8 Å². The van der Waals surface area contributed by atoms with Gasteiger partial charge in [0.15, 0.2) is 0 Å². The molecule has 5 atom stereocenters. The van der Waals surface area contributed by atoms with E-state index >= 15 is 0 Å². The molecule has 1 saturated heterocycles. The number of carbonyl (C=O) groups is 2. The third kappa shape index (κ3) is 4.11. The minimum atomic E-state index is -0.695. The summed E-state index contributed by atoms with van der Waals surface area (Å²) in [5.41, 5.74) is 0.888. The van der Waals surface area contributed by atoms with E-state index in [4.69, 9.17) is 14.7 Å². The van der Waals surface area contributed by atoms with Gasteiger partial charge in [0.05, 0.1) is 12.7 Å². The molecule has 5 unspecified atom stereocenters. The van der Waals surface area contributed by atoms with Crippen molar-refractivity contribution in [2.24, 2.45) is 17.8 Å². The van der Waals surface area contributed by atoms with E-state index in [1.165, 1.54) is 4.90 Å². The van der Waals surface area contributed by atoms with E-state index < -0.39 is 18.1 Å². The Morgan fingerprint density at radius 1 is 1.30 bits per heavy atom. The van der Waals surface area contributed by atoms with Crippen molar-refractivity contribution in [2.75, 3.05) is 13.2 Å². The number of hydrogen-bond acceptors (Lipinski definition) is 5. The molecule has 2 aliphatic rings. The lowest BCUT2D eigenvalue weighted by Crippen LogP contribution is -2.45. The highest BCUT2D eigenvalue weighted by Gasteiger charge is 2.57. The second-order valence-electron chi connectivity index (χ2n) is 7.00. The molecule has 2 fully saturated rings. The van der Waals surface area contributed by atoms with Gasteiger partial charge in [-0.15, -0.1) is 0 Å². The first kappa shape index (κ1) is 19.7. The van der Waals surface area contributed by atoms with E-state index in [2.05, 4.69) is 22.0 Å². The fourth-order valence-corrected chi connectivity index (χ4v) is 5.33. The monoisotopic (exact) mass is 434 g/mol. The number of hydrogen-bond donors (Lipinski definition) is 0. The first-order valence-electron chi connectivity index (χ1n) is 9.21. The number of nitriles is 1. The van der Waals surface area contributed by atoms with Crippen molar-refractivity contribution in [1.29, 1.82) is 5.26 Å². The molecule has 1 amide bonds. The van der Waals surface area contributed by atoms with Crippen molar-refractivity contribution in [1.82, 2.24) is 4.90 Å². The van der Waals surface area contributed by atoms with Crippen LogP contribution >= 0.6 is 15.9 Å². The number of benzene rings is 1. The van der Waals surface area contributed by atoms with Gasteiger partial charge in [-0.1, -0.05) is 46.3 Å². The minimum Gasteiger partial charge on any atom is -0.464 e. The van der Waals surface area contributed by atoms with Gasteiger partial charge in [0.2, 0.25) is 0 Å². The van der Waals surface area contributed by atoms with Crippen molar-refractivity contribution in [2.45, 2.75) is 37.2 Å². The zero-order valence-electron chi connectivity index (χ0n) is 15.2. The van der Waals surface area contributed by atoms with Gasteiger partial charge < -0.3 is 9.47 Å². The fraction of sp³-hybridized carbons (Fsp3) is 0.550. The van der Waals surface area contributed by atoms with Crippen LogP contribution in [0.15, 0.2) is 30.3 Å². The van der Waals surface area contributed by atoms with Crippen molar-refractivity contribution >= 4 is 28.0 Å². The summed E-state index contributed by atoms with van der Waals surface area (Å²) in [7, 11) is 0. The molecule has 7 heteroatoms. The Kier molecular flexibility index (Phi) is 6.38. The van der Waals surface area contributed by atoms with Gasteiger partial charge >= 0.3 is 12.1 Å². The van der Waals surface area contributed by atoms with Crippen molar-refractivity contribution in [3.8, 4) is 6.07 Å². The number of nitrogens with zero attached hydrogens (tertiary/aromatic N) is 2. The number of amides is 1. The summed E-state index contributed by atoms with van der Waals surface area (Å²) < 4.78 is 10.7. The average Bonchev–Trinajstić information content (AvgIpc) is 3.20. The first-order chi connectivity index (χ1) is 13.1. The van der Waals surface area contributed by atoms with E-state index in [9.17, 15) is 9.59 Å². The number of halogens is 1. The highest BCUT2D eigenvalue weighted by molar-refractivity contribution is 9.09. The van der Waals surface area contributed by atoms with Crippen LogP contribution in [-0.2, 0) is 20.9 Å². The Morgan fingerprint density at radius 3 is 2.70 bits per heavy atom. The number of alkyl halides is 1. The lowest BCUT2D eigenvalue weighted by atomic mass is 9.85. The van der Waals surface area contributed by atoms with Crippen LogP contribution in [-0.4, -0.2) is 41.0 Å². The smallest absolute Gasteiger partial charge is 0.410 e. The molecule has 0 N–H and O–H groups in total. The van der Waals surface area contributed by atoms with Crippen LogP contribution in [0.2, 0.25) is 0 Å². The number of fused-ring (bicyclic) bond motifs is 1. The Balaban J connectivity index is 1.77. The molecule has 3 rings (SSSR count). The minimum absolute atomic E-state index is 0.0608. The quantitative estimate of drug-likeness (QED) is 0.523. The number of esters is 1. The zero-order valence-corrected chi connectivity index (χ0v) is 16.8. The van der Waals surface area contributed by atoms with E-state index in [1.54, 1.807) is 6.92 Å². The Hall–Kier alpha value is -2.07. The van der Waals surface area contributed by atoms with Crippen LogP contribution in [0.5, 0.6) is 0 Å². The van der Waals surface area contributed by atoms with E-state index in [-0.39, 0.29) is 35.8 Å². The standard InChI is InChI=1S/C20H23BrN2O4/c1-2-26-19(24)18-17-14(8-9-22)10-16(21)15(17)11-23(18)20(25)27-12-13-6-4-3-5-7-13/h3-7,14-18H,2,8,10-12H2,1H3. The second kappa shape index (κ2) is 8.75. The van der Waals surface area contributed by atoms with Gasteiger partial charge in [0.1, 0.15) is 12.6 Å². The summed E-state index contributed by atoms with van der Waals surface area (Å²) in [6.07, 6.45) is 0.680. The number of likely N-dealkylation sites (tertiary alicyclic amines) is 1. The zero-order chi connectivity index (χ0) is 19.4. The van der Waals surface area contributed by atoms with Crippen LogP contribution in [0, 0.1) is 29.1 Å². The summed E-state index contributed by atoms with van der Waals surface area (Å²) in [5.74, 6) is -0.323. The molecule has 0 spiro atoms. The van der Waals surface area contributed by atoms with Crippen molar-refractivity contribution in [3.05, 3.63) is 35.9 Å². The van der Waals surface area contributed by atoms with Crippen LogP contribution in [0.3, 0.4) is 0 Å². The summed E-state index contributed by atoms with van der Waals surface area (Å²) in [6, 6.07) is 10.9. The van der Waals surface area contributed by atoms with Gasteiger partial charge in [-0.25, -0.2) is 9.59 Å².